The number of thiophene rings is 1. The lowest BCUT2D eigenvalue weighted by Crippen LogP contribution is -2.56. The minimum atomic E-state index is -3.96. The van der Waals surface area contributed by atoms with Crippen molar-refractivity contribution in [3.63, 3.8) is 0 Å². The van der Waals surface area contributed by atoms with Crippen LogP contribution < -0.4 is 4.72 Å². The lowest BCUT2D eigenvalue weighted by molar-refractivity contribution is -0.143. The van der Waals surface area contributed by atoms with Crippen LogP contribution in [0.25, 0.3) is 10.1 Å². The second-order valence-electron chi connectivity index (χ2n) is 12.1. The van der Waals surface area contributed by atoms with Gasteiger partial charge in [0.2, 0.25) is 21.8 Å². The summed E-state index contributed by atoms with van der Waals surface area (Å²) in [6, 6.07) is 5.71. The van der Waals surface area contributed by atoms with Crippen LogP contribution in [0.1, 0.15) is 37.1 Å². The van der Waals surface area contributed by atoms with Gasteiger partial charge in [-0.15, -0.1) is 11.3 Å². The largest absolute Gasteiger partial charge is 0.360 e. The van der Waals surface area contributed by atoms with Crippen LogP contribution in [0.3, 0.4) is 0 Å². The van der Waals surface area contributed by atoms with Gasteiger partial charge in [-0.1, -0.05) is 16.8 Å². The molecule has 13 nitrogen and oxygen atoms in total. The van der Waals surface area contributed by atoms with Crippen LogP contribution in [-0.4, -0.2) is 117 Å². The van der Waals surface area contributed by atoms with Gasteiger partial charge in [0, 0.05) is 61.6 Å². The van der Waals surface area contributed by atoms with E-state index in [2.05, 4.69) is 14.8 Å². The van der Waals surface area contributed by atoms with E-state index in [0.717, 1.165) is 28.9 Å². The summed E-state index contributed by atoms with van der Waals surface area (Å²) in [4.78, 5) is 32.4. The fraction of sp³-hybridized carbons (Fsp3) is 0.552. The van der Waals surface area contributed by atoms with Crippen LogP contribution in [0.5, 0.6) is 0 Å². The summed E-state index contributed by atoms with van der Waals surface area (Å²) < 4.78 is 62.8. The number of halogens is 1. The quantitative estimate of drug-likeness (QED) is 0.353. The van der Waals surface area contributed by atoms with Gasteiger partial charge in [0.15, 0.2) is 5.76 Å². The van der Waals surface area contributed by atoms with Crippen LogP contribution in [0.2, 0.25) is 5.02 Å². The average Bonchev–Trinajstić information content (AvgIpc) is 3.74. The number of fused-ring (bicyclic) bond motifs is 1. The Bertz CT molecular complexity index is 1830. The lowest BCUT2D eigenvalue weighted by Gasteiger charge is -2.37. The van der Waals surface area contributed by atoms with Crippen LogP contribution in [-0.2, 0) is 29.6 Å². The summed E-state index contributed by atoms with van der Waals surface area (Å²) in [7, 11) is -7.68. The van der Waals surface area contributed by atoms with Crippen molar-refractivity contribution in [2.45, 2.75) is 60.7 Å². The zero-order valence-corrected chi connectivity index (χ0v) is 28.9. The maximum Gasteiger partial charge on any atom is 0.250 e. The zero-order chi connectivity index (χ0) is 32.8. The molecule has 17 heteroatoms. The minimum absolute atomic E-state index is 0.0473. The van der Waals surface area contributed by atoms with Gasteiger partial charge in [-0.05, 0) is 69.2 Å². The molecule has 5 heterocycles. The molecule has 2 amide bonds. The van der Waals surface area contributed by atoms with E-state index in [-0.39, 0.29) is 33.4 Å². The van der Waals surface area contributed by atoms with E-state index in [1.54, 1.807) is 38.1 Å². The summed E-state index contributed by atoms with van der Waals surface area (Å²) in [5, 5.41) is 5.01. The van der Waals surface area contributed by atoms with Crippen LogP contribution in [0.15, 0.2) is 37.9 Å². The van der Waals surface area contributed by atoms with Gasteiger partial charge < -0.3 is 14.3 Å². The summed E-state index contributed by atoms with van der Waals surface area (Å²) in [5.74, 6) is -0.294. The number of amides is 2. The number of nitrogens with one attached hydrogen (secondary N) is 1. The number of hydrogen-bond acceptors (Lipinski definition) is 10. The molecule has 2 atom stereocenters. The Labute approximate surface area is 277 Å². The predicted molar refractivity (Wildman–Crippen MR) is 173 cm³/mol. The van der Waals surface area contributed by atoms with Crippen molar-refractivity contribution in [3.05, 3.63) is 40.7 Å². The normalized spacial score (nSPS) is 22.3. The number of carbonyl (C=O) groups is 2. The second-order valence-corrected chi connectivity index (χ2v) is 17.4. The Morgan fingerprint density at radius 2 is 1.78 bits per heavy atom. The molecule has 1 aromatic carbocycles. The number of carbonyl (C=O) groups excluding carboxylic acids is 2. The predicted octanol–water partition coefficient (Wildman–Crippen LogP) is 2.43. The van der Waals surface area contributed by atoms with Crippen LogP contribution in [0.4, 0.5) is 0 Å². The Hall–Kier alpha value is -2.60. The van der Waals surface area contributed by atoms with Crippen LogP contribution in [0, 0.1) is 13.8 Å². The topological polar surface area (TPSA) is 153 Å². The highest BCUT2D eigenvalue weighted by atomic mass is 35.5. The molecule has 6 rings (SSSR count). The van der Waals surface area contributed by atoms with Crippen molar-refractivity contribution < 1.29 is 30.9 Å². The highest BCUT2D eigenvalue weighted by molar-refractivity contribution is 7.91. The number of piperidine rings is 1. The Kier molecular flexibility index (Phi) is 9.51. The van der Waals surface area contributed by atoms with E-state index >= 15 is 0 Å². The van der Waals surface area contributed by atoms with E-state index in [9.17, 15) is 26.4 Å². The molecular weight excluding hydrogens is 676 g/mol. The first-order valence-electron chi connectivity index (χ1n) is 15.3. The van der Waals surface area contributed by atoms with Gasteiger partial charge in [0.05, 0.1) is 6.54 Å². The number of nitrogens with zero attached hydrogens (tertiary/aromatic N) is 5. The number of aryl methyl sites for hydroxylation is 2. The van der Waals surface area contributed by atoms with E-state index < -0.39 is 32.0 Å². The molecular formula is C29H37ClN6O7S3. The van der Waals surface area contributed by atoms with Gasteiger partial charge in [0.1, 0.15) is 20.8 Å². The molecule has 3 aliphatic heterocycles. The molecule has 3 aromatic rings. The third kappa shape index (κ3) is 6.70. The van der Waals surface area contributed by atoms with E-state index in [4.69, 9.17) is 16.1 Å². The summed E-state index contributed by atoms with van der Waals surface area (Å²) in [5.41, 5.74) is 0.345. The number of likely N-dealkylation sites (tertiary alicyclic amines) is 2. The number of piperazine rings is 1. The summed E-state index contributed by atoms with van der Waals surface area (Å²) >= 11 is 7.16. The molecule has 1 N–H and O–H groups in total. The first-order chi connectivity index (χ1) is 21.8. The Balaban J connectivity index is 1.03. The third-order valence-corrected chi connectivity index (χ3v) is 14.4. The molecule has 250 valence electrons. The maximum absolute atomic E-state index is 13.5. The molecule has 3 fully saturated rings. The number of hydrogen-bond donors (Lipinski definition) is 1. The molecule has 0 aliphatic carbocycles. The average molecular weight is 713 g/mol. The fourth-order valence-corrected chi connectivity index (χ4v) is 11.1. The van der Waals surface area contributed by atoms with Gasteiger partial charge in [-0.25, -0.2) is 16.8 Å². The van der Waals surface area contributed by atoms with Gasteiger partial charge in [-0.3, -0.25) is 14.5 Å². The molecule has 46 heavy (non-hydrogen) atoms. The third-order valence-electron chi connectivity index (χ3n) is 8.94. The standard InChI is InChI=1S/C29H37ClN6O7S3/c1-19-28(20(2)43-31-19)46(41,42)35-13-11-33(12-14-35)17-23-5-3-10-36(23)26(37)18-34-9-4-6-24(29(34)38)32-45(39,40)27-16-21-15-22(30)7-8-25(21)44-27/h7-8,15-16,23-24,32H,3-6,9-14,17-18H2,1-2H3/t23-,24-/m0/s1. The first-order valence-corrected chi connectivity index (χ1v) is 19.4. The van der Waals surface area contributed by atoms with Crippen molar-refractivity contribution in [3.8, 4) is 0 Å². The monoisotopic (exact) mass is 712 g/mol. The minimum Gasteiger partial charge on any atom is -0.360 e. The maximum atomic E-state index is 13.5. The molecule has 2 aromatic heterocycles. The number of rotatable bonds is 9. The molecule has 3 aliphatic rings. The van der Waals surface area contributed by atoms with Gasteiger partial charge in [-0.2, -0.15) is 9.03 Å². The van der Waals surface area contributed by atoms with Crippen molar-refractivity contribution in [2.75, 3.05) is 52.4 Å². The highest BCUT2D eigenvalue weighted by Gasteiger charge is 2.38. The van der Waals surface area contributed by atoms with E-state index in [0.29, 0.717) is 74.8 Å². The SMILES string of the molecule is Cc1noc(C)c1S(=O)(=O)N1CCN(C[C@@H]2CCCN2C(=O)CN2CCC[C@H](NS(=O)(=O)c3cc4cc(Cl)ccc4s3)C2=O)CC1. The first kappa shape index (κ1) is 33.3. The number of aromatic nitrogens is 1. The molecule has 0 bridgehead atoms. The molecule has 0 spiro atoms. The van der Waals surface area contributed by atoms with Crippen LogP contribution >= 0.6 is 22.9 Å². The van der Waals surface area contributed by atoms with Crippen molar-refractivity contribution in [1.29, 1.82) is 0 Å². The Morgan fingerprint density at radius 1 is 1.04 bits per heavy atom. The lowest BCUT2D eigenvalue weighted by atomic mass is 10.1. The van der Waals surface area contributed by atoms with Crippen molar-refractivity contribution >= 4 is 64.9 Å². The van der Waals surface area contributed by atoms with Gasteiger partial charge in [0.25, 0.3) is 10.0 Å². The highest BCUT2D eigenvalue weighted by Crippen LogP contribution is 2.31. The van der Waals surface area contributed by atoms with Crippen molar-refractivity contribution in [1.82, 2.24) is 28.9 Å². The number of sulfonamides is 2. The molecule has 3 saturated heterocycles. The van der Waals surface area contributed by atoms with E-state index in [1.165, 1.54) is 9.21 Å². The second kappa shape index (κ2) is 13.1. The summed E-state index contributed by atoms with van der Waals surface area (Å²) in [6.45, 7) is 6.37. The fourth-order valence-electron chi connectivity index (χ4n) is 6.60. The smallest absolute Gasteiger partial charge is 0.250 e. The Morgan fingerprint density at radius 3 is 2.50 bits per heavy atom. The molecule has 0 saturated carbocycles. The zero-order valence-electron chi connectivity index (χ0n) is 25.6. The summed E-state index contributed by atoms with van der Waals surface area (Å²) in [6.07, 6.45) is 2.58. The van der Waals surface area contributed by atoms with E-state index in [1.807, 2.05) is 4.90 Å². The molecule has 0 radical (unpaired) electrons. The number of benzene rings is 1. The molecule has 0 unspecified atom stereocenters. The van der Waals surface area contributed by atoms with Crippen molar-refractivity contribution in [2.24, 2.45) is 0 Å². The van der Waals surface area contributed by atoms with Gasteiger partial charge >= 0.3 is 0 Å².